The van der Waals surface area contributed by atoms with Gasteiger partial charge in [0.1, 0.15) is 12.4 Å². The van der Waals surface area contributed by atoms with Gasteiger partial charge in [-0.25, -0.2) is 0 Å². The minimum Gasteiger partial charge on any atom is -0.493 e. The number of benzene rings is 2. The van der Waals surface area contributed by atoms with Gasteiger partial charge in [-0.3, -0.25) is 9.59 Å². The van der Waals surface area contributed by atoms with Crippen LogP contribution in [0, 0.1) is 5.92 Å². The van der Waals surface area contributed by atoms with Gasteiger partial charge >= 0.3 is 0 Å². The smallest absolute Gasteiger partial charge is 0.258 e. The predicted octanol–water partition coefficient (Wildman–Crippen LogP) is 5.09. The zero-order chi connectivity index (χ0) is 22.9. The van der Waals surface area contributed by atoms with E-state index in [1.807, 2.05) is 0 Å². The molecule has 1 N–H and O–H groups in total. The second-order valence-corrected chi connectivity index (χ2v) is 8.73. The van der Waals surface area contributed by atoms with Gasteiger partial charge in [0.2, 0.25) is 0 Å². The van der Waals surface area contributed by atoms with E-state index in [1.165, 1.54) is 7.11 Å². The molecule has 8 heteroatoms. The maximum atomic E-state index is 12.3. The third kappa shape index (κ3) is 7.61. The summed E-state index contributed by atoms with van der Waals surface area (Å²) in [5.74, 6) is 1.80. The highest BCUT2D eigenvalue weighted by Gasteiger charge is 2.24. The molecule has 172 valence electrons. The molecule has 0 spiro atoms. The summed E-state index contributed by atoms with van der Waals surface area (Å²) in [5.41, 5.74) is 0. The van der Waals surface area contributed by atoms with Crippen molar-refractivity contribution < 1.29 is 23.8 Å². The molecule has 0 atom stereocenters. The summed E-state index contributed by atoms with van der Waals surface area (Å²) in [5, 5.41) is 4.17. The van der Waals surface area contributed by atoms with E-state index in [9.17, 15) is 9.59 Å². The summed E-state index contributed by atoms with van der Waals surface area (Å²) < 4.78 is 16.3. The van der Waals surface area contributed by atoms with Gasteiger partial charge in [-0.15, -0.1) is 0 Å². The molecule has 1 aliphatic rings. The standard InChI is InChI=1S/C24H27Cl2NO5/c1-30-23-13-18(26)6-11-22(23)32-15-24(29)27-19-7-2-16(3-8-19)12-20(28)14-31-21-9-4-17(25)5-10-21/h4-6,9-11,13,16,19H,2-3,7-8,12,14-15H2,1H3,(H,27,29). The Labute approximate surface area is 198 Å². The summed E-state index contributed by atoms with van der Waals surface area (Å²) in [6.07, 6.45) is 3.96. The average Bonchev–Trinajstić information content (AvgIpc) is 2.79. The van der Waals surface area contributed by atoms with Crippen LogP contribution in [0.25, 0.3) is 0 Å². The van der Waals surface area contributed by atoms with Crippen LogP contribution in [-0.2, 0) is 9.59 Å². The van der Waals surface area contributed by atoms with Crippen molar-refractivity contribution in [1.82, 2.24) is 5.32 Å². The molecule has 0 heterocycles. The lowest BCUT2D eigenvalue weighted by molar-refractivity contribution is -0.125. The van der Waals surface area contributed by atoms with Gasteiger partial charge in [-0.1, -0.05) is 23.2 Å². The number of amides is 1. The Kier molecular flexibility index (Phi) is 9.06. The summed E-state index contributed by atoms with van der Waals surface area (Å²) in [6, 6.07) is 12.0. The Bertz CT molecular complexity index is 911. The number of nitrogens with one attached hydrogen (secondary N) is 1. The second-order valence-electron chi connectivity index (χ2n) is 7.85. The van der Waals surface area contributed by atoms with E-state index in [-0.39, 0.29) is 30.9 Å². The average molecular weight is 480 g/mol. The molecule has 2 aromatic rings. The van der Waals surface area contributed by atoms with Crippen molar-refractivity contribution in [2.45, 2.75) is 38.1 Å². The lowest BCUT2D eigenvalue weighted by Crippen LogP contribution is -2.40. The van der Waals surface area contributed by atoms with Gasteiger partial charge in [0.25, 0.3) is 5.91 Å². The van der Waals surface area contributed by atoms with Gasteiger partial charge in [-0.05, 0) is 68.0 Å². The van der Waals surface area contributed by atoms with E-state index >= 15 is 0 Å². The topological polar surface area (TPSA) is 73.9 Å². The van der Waals surface area contributed by atoms with E-state index in [2.05, 4.69) is 5.32 Å². The largest absolute Gasteiger partial charge is 0.493 e. The van der Waals surface area contributed by atoms with Crippen molar-refractivity contribution in [3.63, 3.8) is 0 Å². The van der Waals surface area contributed by atoms with Gasteiger partial charge < -0.3 is 19.5 Å². The highest BCUT2D eigenvalue weighted by molar-refractivity contribution is 6.31. The van der Waals surface area contributed by atoms with Crippen LogP contribution in [0.1, 0.15) is 32.1 Å². The molecule has 0 bridgehead atoms. The number of carbonyl (C=O) groups excluding carboxylic acids is 2. The van der Waals surface area contributed by atoms with Crippen molar-refractivity contribution in [1.29, 1.82) is 0 Å². The molecule has 0 aromatic heterocycles. The Morgan fingerprint density at radius 3 is 2.28 bits per heavy atom. The molecule has 2 aromatic carbocycles. The van der Waals surface area contributed by atoms with Crippen molar-refractivity contribution in [3.05, 3.63) is 52.5 Å². The summed E-state index contributed by atoms with van der Waals surface area (Å²) in [4.78, 5) is 24.5. The number of Topliss-reactive ketones (excluding diaryl/α,β-unsaturated/α-hetero) is 1. The van der Waals surface area contributed by atoms with Crippen LogP contribution in [0.5, 0.6) is 17.2 Å². The first-order valence-electron chi connectivity index (χ1n) is 10.6. The lowest BCUT2D eigenvalue weighted by Gasteiger charge is -2.28. The Hall–Kier alpha value is -2.44. The maximum absolute atomic E-state index is 12.3. The Balaban J connectivity index is 1.34. The van der Waals surface area contributed by atoms with Crippen molar-refractivity contribution in [2.24, 2.45) is 5.92 Å². The first kappa shape index (κ1) is 24.2. The Morgan fingerprint density at radius 1 is 0.906 bits per heavy atom. The monoisotopic (exact) mass is 479 g/mol. The van der Waals surface area contributed by atoms with E-state index in [1.54, 1.807) is 42.5 Å². The number of hydrogen-bond donors (Lipinski definition) is 1. The van der Waals surface area contributed by atoms with Crippen LogP contribution in [0.4, 0.5) is 0 Å². The molecule has 3 rings (SSSR count). The summed E-state index contributed by atoms with van der Waals surface area (Å²) in [6.45, 7) is -0.0394. The fraction of sp³-hybridized carbons (Fsp3) is 0.417. The van der Waals surface area contributed by atoms with Crippen LogP contribution in [0.2, 0.25) is 10.0 Å². The van der Waals surface area contributed by atoms with Crippen LogP contribution in [0.15, 0.2) is 42.5 Å². The molecule has 0 unspecified atom stereocenters. The van der Waals surface area contributed by atoms with Gasteiger partial charge in [0, 0.05) is 28.6 Å². The van der Waals surface area contributed by atoms with Crippen LogP contribution >= 0.6 is 23.2 Å². The first-order chi connectivity index (χ1) is 15.4. The number of ketones is 1. The highest BCUT2D eigenvalue weighted by Crippen LogP contribution is 2.30. The van der Waals surface area contributed by atoms with E-state index in [0.29, 0.717) is 39.6 Å². The fourth-order valence-corrected chi connectivity index (χ4v) is 4.05. The van der Waals surface area contributed by atoms with Crippen LogP contribution < -0.4 is 19.5 Å². The van der Waals surface area contributed by atoms with E-state index < -0.39 is 0 Å². The molecule has 0 aliphatic heterocycles. The number of rotatable bonds is 10. The third-order valence-electron chi connectivity index (χ3n) is 5.43. The molecule has 1 amide bonds. The van der Waals surface area contributed by atoms with Gasteiger partial charge in [0.05, 0.1) is 7.11 Å². The molecule has 0 saturated heterocycles. The zero-order valence-corrected chi connectivity index (χ0v) is 19.5. The highest BCUT2D eigenvalue weighted by atomic mass is 35.5. The number of methoxy groups -OCH3 is 1. The lowest BCUT2D eigenvalue weighted by atomic mass is 9.83. The SMILES string of the molecule is COc1cc(Cl)ccc1OCC(=O)NC1CCC(CC(=O)COc2ccc(Cl)cc2)CC1. The fourth-order valence-electron chi connectivity index (χ4n) is 3.76. The van der Waals surface area contributed by atoms with Crippen LogP contribution in [-0.4, -0.2) is 38.1 Å². The first-order valence-corrected chi connectivity index (χ1v) is 11.3. The van der Waals surface area contributed by atoms with Gasteiger partial charge in [0.15, 0.2) is 23.9 Å². The van der Waals surface area contributed by atoms with Gasteiger partial charge in [-0.2, -0.15) is 0 Å². The molecule has 0 radical (unpaired) electrons. The number of carbonyl (C=O) groups is 2. The minimum atomic E-state index is -0.183. The normalized spacial score (nSPS) is 18.0. The van der Waals surface area contributed by atoms with E-state index in [4.69, 9.17) is 37.4 Å². The number of halogens is 2. The van der Waals surface area contributed by atoms with E-state index in [0.717, 1.165) is 25.7 Å². The van der Waals surface area contributed by atoms with Crippen molar-refractivity contribution >= 4 is 34.9 Å². The van der Waals surface area contributed by atoms with Crippen molar-refractivity contribution in [3.8, 4) is 17.2 Å². The van der Waals surface area contributed by atoms with Crippen molar-refractivity contribution in [2.75, 3.05) is 20.3 Å². The quantitative estimate of drug-likeness (QED) is 0.513. The summed E-state index contributed by atoms with van der Waals surface area (Å²) >= 11 is 11.8. The predicted molar refractivity (Wildman–Crippen MR) is 124 cm³/mol. The number of hydrogen-bond acceptors (Lipinski definition) is 5. The molecule has 32 heavy (non-hydrogen) atoms. The second kappa shape index (κ2) is 12.0. The summed E-state index contributed by atoms with van der Waals surface area (Å²) in [7, 11) is 1.52. The third-order valence-corrected chi connectivity index (χ3v) is 5.91. The van der Waals surface area contributed by atoms with Crippen LogP contribution in [0.3, 0.4) is 0 Å². The minimum absolute atomic E-state index is 0.0593. The number of ether oxygens (including phenoxy) is 3. The Morgan fingerprint density at radius 2 is 1.59 bits per heavy atom. The molecular formula is C24H27Cl2NO5. The molecule has 6 nitrogen and oxygen atoms in total. The molecule has 1 aliphatic carbocycles. The zero-order valence-electron chi connectivity index (χ0n) is 17.9. The molecular weight excluding hydrogens is 453 g/mol. The molecule has 1 saturated carbocycles. The molecule has 1 fully saturated rings. The maximum Gasteiger partial charge on any atom is 0.258 e.